The molecule has 0 aliphatic carbocycles. The van der Waals surface area contributed by atoms with Crippen molar-refractivity contribution in [3.8, 4) is 5.75 Å². The molecule has 3 aromatic rings. The summed E-state index contributed by atoms with van der Waals surface area (Å²) in [7, 11) is 1.60. The first kappa shape index (κ1) is 24.7. The quantitative estimate of drug-likeness (QED) is 0.505. The van der Waals surface area contributed by atoms with E-state index in [2.05, 4.69) is 37.9 Å². The van der Waals surface area contributed by atoms with Crippen LogP contribution in [0.5, 0.6) is 5.75 Å². The van der Waals surface area contributed by atoms with Crippen LogP contribution in [0.4, 0.5) is 0 Å². The highest BCUT2D eigenvalue weighted by Gasteiger charge is 2.33. The Hall–Kier alpha value is -3.45. The molecule has 0 unspecified atom stereocenters. The highest BCUT2D eigenvalue weighted by molar-refractivity contribution is 7.07. The van der Waals surface area contributed by atoms with Crippen molar-refractivity contribution in [3.63, 3.8) is 0 Å². The van der Waals surface area contributed by atoms with Crippen LogP contribution in [0.3, 0.4) is 0 Å². The van der Waals surface area contributed by atoms with Crippen molar-refractivity contribution in [1.82, 2.24) is 4.57 Å². The maximum absolute atomic E-state index is 13.7. The second-order valence-electron chi connectivity index (χ2n) is 9.45. The van der Waals surface area contributed by atoms with Crippen molar-refractivity contribution in [2.75, 3.05) is 13.7 Å². The van der Waals surface area contributed by atoms with Gasteiger partial charge >= 0.3 is 5.97 Å². The first-order valence-corrected chi connectivity index (χ1v) is 12.4. The van der Waals surface area contributed by atoms with Crippen LogP contribution in [0, 0.1) is 0 Å². The monoisotopic (exact) mass is 490 g/mol. The van der Waals surface area contributed by atoms with Gasteiger partial charge in [-0.3, -0.25) is 9.36 Å². The van der Waals surface area contributed by atoms with Crippen LogP contribution in [-0.2, 0) is 14.9 Å². The maximum atomic E-state index is 13.7. The number of rotatable bonds is 5. The summed E-state index contributed by atoms with van der Waals surface area (Å²) in [6.07, 6.45) is 1.88. The number of benzene rings is 2. The van der Waals surface area contributed by atoms with Gasteiger partial charge in [0.2, 0.25) is 0 Å². The second-order valence-corrected chi connectivity index (χ2v) is 10.5. The van der Waals surface area contributed by atoms with Crippen LogP contribution >= 0.6 is 11.3 Å². The van der Waals surface area contributed by atoms with Gasteiger partial charge in [0.05, 0.1) is 35.6 Å². The van der Waals surface area contributed by atoms with Gasteiger partial charge in [0.25, 0.3) is 5.56 Å². The molecule has 1 aromatic heterocycles. The van der Waals surface area contributed by atoms with Crippen molar-refractivity contribution in [2.45, 2.75) is 46.1 Å². The summed E-state index contributed by atoms with van der Waals surface area (Å²) in [5, 5.41) is 0. The minimum absolute atomic E-state index is 0.0528. The normalized spacial score (nSPS) is 16.1. The van der Waals surface area contributed by atoms with Gasteiger partial charge in [-0.05, 0) is 54.2 Å². The van der Waals surface area contributed by atoms with Gasteiger partial charge in [-0.25, -0.2) is 9.79 Å². The largest absolute Gasteiger partial charge is 0.497 e. The molecule has 0 saturated carbocycles. The van der Waals surface area contributed by atoms with Gasteiger partial charge in [-0.15, -0.1) is 0 Å². The Balaban J connectivity index is 1.88. The Labute approximate surface area is 208 Å². The number of methoxy groups -OCH3 is 1. The average Bonchev–Trinajstić information content (AvgIpc) is 3.12. The molecule has 0 bridgehead atoms. The Morgan fingerprint density at radius 2 is 1.77 bits per heavy atom. The van der Waals surface area contributed by atoms with E-state index in [1.807, 2.05) is 42.5 Å². The molecule has 1 aliphatic rings. The third-order valence-corrected chi connectivity index (χ3v) is 7.01. The van der Waals surface area contributed by atoms with Gasteiger partial charge in [0.1, 0.15) is 5.75 Å². The lowest BCUT2D eigenvalue weighted by molar-refractivity contribution is -0.139. The number of esters is 1. The molecule has 6 nitrogen and oxygen atoms in total. The van der Waals surface area contributed by atoms with Gasteiger partial charge < -0.3 is 9.47 Å². The zero-order valence-electron chi connectivity index (χ0n) is 20.9. The predicted molar refractivity (Wildman–Crippen MR) is 139 cm³/mol. The third-order valence-electron chi connectivity index (χ3n) is 6.02. The zero-order valence-corrected chi connectivity index (χ0v) is 21.7. The Kier molecular flexibility index (Phi) is 6.81. The maximum Gasteiger partial charge on any atom is 0.338 e. The predicted octanol–water partition coefficient (Wildman–Crippen LogP) is 4.10. The van der Waals surface area contributed by atoms with Gasteiger partial charge in [0.15, 0.2) is 4.80 Å². The van der Waals surface area contributed by atoms with Crippen LogP contribution in [0.2, 0.25) is 0 Å². The van der Waals surface area contributed by atoms with E-state index >= 15 is 0 Å². The highest BCUT2D eigenvalue weighted by atomic mass is 32.1. The lowest BCUT2D eigenvalue weighted by atomic mass is 9.87. The van der Waals surface area contributed by atoms with E-state index in [1.165, 1.54) is 16.9 Å². The molecule has 1 atom stereocenters. The molecule has 4 rings (SSSR count). The Morgan fingerprint density at radius 1 is 1.11 bits per heavy atom. The van der Waals surface area contributed by atoms with Crippen molar-refractivity contribution in [2.24, 2.45) is 4.99 Å². The zero-order chi connectivity index (χ0) is 25.3. The van der Waals surface area contributed by atoms with Gasteiger partial charge in [-0.1, -0.05) is 68.5 Å². The van der Waals surface area contributed by atoms with Gasteiger partial charge in [-0.2, -0.15) is 0 Å². The number of carbonyl (C=O) groups excluding carboxylic acids is 1. The topological polar surface area (TPSA) is 69.9 Å². The first-order valence-electron chi connectivity index (χ1n) is 11.6. The number of ether oxygens (including phenoxy) is 2. The molecule has 1 aliphatic heterocycles. The van der Waals surface area contributed by atoms with Crippen LogP contribution in [0.1, 0.15) is 57.4 Å². The lowest BCUT2D eigenvalue weighted by Gasteiger charge is -2.24. The molecule has 0 fully saturated rings. The number of carbonyl (C=O) groups is 1. The van der Waals surface area contributed by atoms with E-state index < -0.39 is 12.0 Å². The highest BCUT2D eigenvalue weighted by Crippen LogP contribution is 2.31. The molecule has 2 aromatic carbocycles. The molecule has 0 N–H and O–H groups in total. The number of thiazole rings is 1. The molecule has 35 heavy (non-hydrogen) atoms. The summed E-state index contributed by atoms with van der Waals surface area (Å²) in [6.45, 7) is 10.3. The lowest BCUT2D eigenvalue weighted by Crippen LogP contribution is -2.39. The molecule has 2 heterocycles. The number of hydrogen-bond acceptors (Lipinski definition) is 6. The number of aromatic nitrogens is 1. The number of allylic oxidation sites excluding steroid dienone is 1. The van der Waals surface area contributed by atoms with Crippen molar-refractivity contribution >= 4 is 23.4 Å². The number of fused-ring (bicyclic) bond motifs is 1. The standard InChI is InChI=1S/C28H30N2O4S/c1-7-34-26(32)23-17(2)29-27-30(24(23)19-10-14-21(33-6)15-11-19)25(31)22(35-27)16-18-8-12-20(13-9-18)28(3,4)5/h8-16,24H,7H2,1-6H3/b22-16-/t24-/m0/s1. The van der Waals surface area contributed by atoms with Crippen LogP contribution < -0.4 is 19.6 Å². The minimum Gasteiger partial charge on any atom is -0.497 e. The summed E-state index contributed by atoms with van der Waals surface area (Å²) in [4.78, 5) is 31.8. The fourth-order valence-corrected chi connectivity index (χ4v) is 5.17. The van der Waals surface area contributed by atoms with E-state index in [0.717, 1.165) is 11.1 Å². The van der Waals surface area contributed by atoms with E-state index in [-0.39, 0.29) is 17.6 Å². The summed E-state index contributed by atoms with van der Waals surface area (Å²) in [6, 6.07) is 15.0. The summed E-state index contributed by atoms with van der Waals surface area (Å²) in [5.41, 5.74) is 3.72. The SMILES string of the molecule is CCOC(=O)C1=C(C)N=c2s/c(=C\c3ccc(C(C)(C)C)cc3)c(=O)n2[C@H]1c1ccc(OC)cc1. The molecule has 0 amide bonds. The minimum atomic E-state index is -0.637. The van der Waals surface area contributed by atoms with Crippen LogP contribution in [0.25, 0.3) is 6.08 Å². The molecule has 182 valence electrons. The van der Waals surface area contributed by atoms with Gasteiger partial charge in [0, 0.05) is 0 Å². The Bertz CT molecular complexity index is 1450. The molecular weight excluding hydrogens is 460 g/mol. The van der Waals surface area contributed by atoms with E-state index in [9.17, 15) is 9.59 Å². The summed E-state index contributed by atoms with van der Waals surface area (Å²) < 4.78 is 12.8. The van der Waals surface area contributed by atoms with E-state index in [0.29, 0.717) is 26.4 Å². The molecule has 7 heteroatoms. The molecule has 0 radical (unpaired) electrons. The van der Waals surface area contributed by atoms with Crippen molar-refractivity contribution < 1.29 is 14.3 Å². The number of hydrogen-bond donors (Lipinski definition) is 0. The van der Waals surface area contributed by atoms with E-state index in [4.69, 9.17) is 9.47 Å². The Morgan fingerprint density at radius 3 is 2.34 bits per heavy atom. The fraction of sp³-hybridized carbons (Fsp3) is 0.321. The smallest absolute Gasteiger partial charge is 0.338 e. The average molecular weight is 491 g/mol. The summed E-state index contributed by atoms with van der Waals surface area (Å²) in [5.74, 6) is 0.222. The first-order chi connectivity index (χ1) is 16.6. The second kappa shape index (κ2) is 9.66. The molecule has 0 saturated heterocycles. The summed E-state index contributed by atoms with van der Waals surface area (Å²) >= 11 is 1.32. The van der Waals surface area contributed by atoms with Crippen molar-refractivity contribution in [3.05, 3.63) is 96.2 Å². The molecular formula is C28H30N2O4S. The number of nitrogens with zero attached hydrogens (tertiary/aromatic N) is 2. The third kappa shape index (κ3) is 4.86. The molecule has 0 spiro atoms. The van der Waals surface area contributed by atoms with Crippen LogP contribution in [-0.4, -0.2) is 24.3 Å². The van der Waals surface area contributed by atoms with Crippen LogP contribution in [0.15, 0.2) is 69.6 Å². The van der Waals surface area contributed by atoms with Crippen molar-refractivity contribution in [1.29, 1.82) is 0 Å². The van der Waals surface area contributed by atoms with E-state index in [1.54, 1.807) is 25.5 Å². The fourth-order valence-electron chi connectivity index (χ4n) is 4.12.